The fraction of sp³-hybridized carbons (Fsp3) is 0.0952. The van der Waals surface area contributed by atoms with Crippen molar-refractivity contribution in [1.82, 2.24) is 10.1 Å². The Morgan fingerprint density at radius 3 is 2.68 bits per heavy atom. The van der Waals surface area contributed by atoms with E-state index < -0.39 is 11.7 Å². The molecule has 0 aliphatic heterocycles. The Labute approximate surface area is 165 Å². The zero-order chi connectivity index (χ0) is 19.8. The van der Waals surface area contributed by atoms with E-state index in [4.69, 9.17) is 16.1 Å². The van der Waals surface area contributed by atoms with Crippen LogP contribution >= 0.6 is 11.6 Å². The molecule has 0 spiro atoms. The van der Waals surface area contributed by atoms with Crippen molar-refractivity contribution < 1.29 is 13.7 Å². The molecule has 0 saturated heterocycles. The van der Waals surface area contributed by atoms with Crippen molar-refractivity contribution in [2.75, 3.05) is 5.32 Å². The van der Waals surface area contributed by atoms with Gasteiger partial charge in [-0.25, -0.2) is 9.37 Å². The van der Waals surface area contributed by atoms with E-state index in [9.17, 15) is 9.18 Å². The van der Waals surface area contributed by atoms with E-state index in [1.54, 1.807) is 37.3 Å². The molecule has 0 bridgehead atoms. The minimum atomic E-state index is -0.446. The van der Waals surface area contributed by atoms with Gasteiger partial charge in [-0.15, -0.1) is 0 Å². The molecular weight excluding hydrogens is 381 g/mol. The molecule has 0 atom stereocenters. The quantitative estimate of drug-likeness (QED) is 0.493. The molecule has 2 aromatic carbocycles. The van der Waals surface area contributed by atoms with Crippen LogP contribution in [0, 0.1) is 19.7 Å². The Kier molecular flexibility index (Phi) is 4.57. The SMILES string of the molecule is Cc1ccc(NC(=O)c2cc(-c3ccccc3F)nc3onc(C)c23)c(Cl)c1. The molecule has 5 nitrogen and oxygen atoms in total. The molecule has 28 heavy (non-hydrogen) atoms. The number of halogens is 2. The molecule has 7 heteroatoms. The van der Waals surface area contributed by atoms with Crippen LogP contribution in [0.15, 0.2) is 53.1 Å². The predicted octanol–water partition coefficient (Wildman–Crippen LogP) is 5.55. The van der Waals surface area contributed by atoms with Crippen molar-refractivity contribution in [3.63, 3.8) is 0 Å². The summed E-state index contributed by atoms with van der Waals surface area (Å²) in [6.07, 6.45) is 0. The molecule has 0 saturated carbocycles. The van der Waals surface area contributed by atoms with Gasteiger partial charge < -0.3 is 9.84 Å². The highest BCUT2D eigenvalue weighted by Gasteiger charge is 2.21. The summed E-state index contributed by atoms with van der Waals surface area (Å²) in [7, 11) is 0. The van der Waals surface area contributed by atoms with Crippen LogP contribution in [0.25, 0.3) is 22.4 Å². The highest BCUT2D eigenvalue weighted by molar-refractivity contribution is 6.34. The van der Waals surface area contributed by atoms with Crippen molar-refractivity contribution in [3.05, 3.63) is 76.2 Å². The van der Waals surface area contributed by atoms with Crippen LogP contribution < -0.4 is 5.32 Å². The smallest absolute Gasteiger partial charge is 0.259 e. The molecule has 1 N–H and O–H groups in total. The second-order valence-corrected chi connectivity index (χ2v) is 6.83. The number of rotatable bonds is 3. The number of anilines is 1. The first-order valence-corrected chi connectivity index (χ1v) is 8.91. The first-order chi connectivity index (χ1) is 13.4. The van der Waals surface area contributed by atoms with Crippen molar-refractivity contribution in [1.29, 1.82) is 0 Å². The largest absolute Gasteiger partial charge is 0.335 e. The molecule has 0 unspecified atom stereocenters. The van der Waals surface area contributed by atoms with E-state index in [0.717, 1.165) is 5.56 Å². The summed E-state index contributed by atoms with van der Waals surface area (Å²) in [5, 5.41) is 7.59. The first kappa shape index (κ1) is 18.1. The summed E-state index contributed by atoms with van der Waals surface area (Å²) in [5.74, 6) is -0.861. The normalized spacial score (nSPS) is 11.0. The average Bonchev–Trinajstić information content (AvgIpc) is 3.04. The Bertz CT molecular complexity index is 1220. The van der Waals surface area contributed by atoms with E-state index in [-0.39, 0.29) is 22.5 Å². The number of carbonyl (C=O) groups is 1. The summed E-state index contributed by atoms with van der Waals surface area (Å²) < 4.78 is 19.5. The molecule has 0 radical (unpaired) electrons. The van der Waals surface area contributed by atoms with Gasteiger partial charge in [-0.2, -0.15) is 0 Å². The number of nitrogens with zero attached hydrogens (tertiary/aromatic N) is 2. The minimum Gasteiger partial charge on any atom is -0.335 e. The zero-order valence-corrected chi connectivity index (χ0v) is 15.8. The van der Waals surface area contributed by atoms with Gasteiger partial charge in [0.2, 0.25) is 0 Å². The van der Waals surface area contributed by atoms with Gasteiger partial charge in [0.15, 0.2) is 0 Å². The van der Waals surface area contributed by atoms with Crippen molar-refractivity contribution in [2.45, 2.75) is 13.8 Å². The zero-order valence-electron chi connectivity index (χ0n) is 15.1. The molecule has 0 fully saturated rings. The molecule has 2 aromatic heterocycles. The van der Waals surface area contributed by atoms with Crippen LogP contribution in [0.4, 0.5) is 10.1 Å². The van der Waals surface area contributed by atoms with E-state index in [2.05, 4.69) is 15.5 Å². The second-order valence-electron chi connectivity index (χ2n) is 6.42. The topological polar surface area (TPSA) is 68.0 Å². The summed E-state index contributed by atoms with van der Waals surface area (Å²) >= 11 is 6.23. The number of benzene rings is 2. The summed E-state index contributed by atoms with van der Waals surface area (Å²) in [6.45, 7) is 3.62. The fourth-order valence-electron chi connectivity index (χ4n) is 2.99. The third-order valence-corrected chi connectivity index (χ3v) is 4.70. The second kappa shape index (κ2) is 7.05. The van der Waals surface area contributed by atoms with E-state index >= 15 is 0 Å². The van der Waals surface area contributed by atoms with Gasteiger partial charge in [-0.1, -0.05) is 35.0 Å². The van der Waals surface area contributed by atoms with Crippen LogP contribution in [0.2, 0.25) is 5.02 Å². The van der Waals surface area contributed by atoms with Crippen molar-refractivity contribution in [2.24, 2.45) is 0 Å². The monoisotopic (exact) mass is 395 g/mol. The van der Waals surface area contributed by atoms with Crippen LogP contribution in [0.5, 0.6) is 0 Å². The highest BCUT2D eigenvalue weighted by atomic mass is 35.5. The number of fused-ring (bicyclic) bond motifs is 1. The maximum Gasteiger partial charge on any atom is 0.259 e. The number of aryl methyl sites for hydroxylation is 2. The van der Waals surface area contributed by atoms with Gasteiger partial charge in [-0.05, 0) is 49.7 Å². The molecule has 140 valence electrons. The number of nitrogens with one attached hydrogen (secondary N) is 1. The third kappa shape index (κ3) is 3.23. The maximum atomic E-state index is 14.2. The minimum absolute atomic E-state index is 0.165. The van der Waals surface area contributed by atoms with Crippen molar-refractivity contribution in [3.8, 4) is 11.3 Å². The molecule has 4 rings (SSSR count). The number of amides is 1. The highest BCUT2D eigenvalue weighted by Crippen LogP contribution is 2.30. The number of carbonyl (C=O) groups excluding carboxylic acids is 1. The van der Waals surface area contributed by atoms with Gasteiger partial charge in [0.1, 0.15) is 5.82 Å². The van der Waals surface area contributed by atoms with Crippen LogP contribution in [-0.4, -0.2) is 16.0 Å². The molecule has 4 aromatic rings. The molecule has 1 amide bonds. The number of hydrogen-bond acceptors (Lipinski definition) is 4. The summed E-state index contributed by atoms with van der Waals surface area (Å²) in [5.41, 5.74) is 2.96. The van der Waals surface area contributed by atoms with Crippen LogP contribution in [0.1, 0.15) is 21.6 Å². The Morgan fingerprint density at radius 2 is 1.93 bits per heavy atom. The summed E-state index contributed by atoms with van der Waals surface area (Å²) in [4.78, 5) is 17.4. The van der Waals surface area contributed by atoms with Gasteiger partial charge >= 0.3 is 0 Å². The number of hydrogen-bond donors (Lipinski definition) is 1. The lowest BCUT2D eigenvalue weighted by molar-refractivity contribution is 0.102. The lowest BCUT2D eigenvalue weighted by Crippen LogP contribution is -2.13. The van der Waals surface area contributed by atoms with Crippen molar-refractivity contribution >= 4 is 34.3 Å². The molecule has 2 heterocycles. The molecule has 0 aliphatic carbocycles. The summed E-state index contributed by atoms with van der Waals surface area (Å²) in [6, 6.07) is 13.1. The van der Waals surface area contributed by atoms with Crippen LogP contribution in [0.3, 0.4) is 0 Å². The van der Waals surface area contributed by atoms with E-state index in [1.807, 2.05) is 13.0 Å². The average molecular weight is 396 g/mol. The third-order valence-electron chi connectivity index (χ3n) is 4.38. The lowest BCUT2D eigenvalue weighted by Gasteiger charge is -2.10. The van der Waals surface area contributed by atoms with Gasteiger partial charge in [0.25, 0.3) is 11.6 Å². The predicted molar refractivity (Wildman–Crippen MR) is 106 cm³/mol. The number of aromatic nitrogens is 2. The Balaban J connectivity index is 1.84. The molecular formula is C21H15ClFN3O2. The first-order valence-electron chi connectivity index (χ1n) is 8.53. The number of pyridine rings is 1. The van der Waals surface area contributed by atoms with E-state index in [0.29, 0.717) is 21.8 Å². The van der Waals surface area contributed by atoms with Gasteiger partial charge in [0, 0.05) is 5.56 Å². The fourth-order valence-corrected chi connectivity index (χ4v) is 3.27. The maximum absolute atomic E-state index is 14.2. The van der Waals surface area contributed by atoms with E-state index in [1.165, 1.54) is 12.1 Å². The lowest BCUT2D eigenvalue weighted by atomic mass is 10.0. The standard InChI is InChI=1S/C21H15ClFN3O2/c1-11-7-8-17(15(22)9-11)24-20(27)14-10-18(13-5-3-4-6-16(13)23)25-21-19(14)12(2)26-28-21/h3-10H,1-2H3,(H,24,27). The van der Waals surface area contributed by atoms with Gasteiger partial charge in [-0.3, -0.25) is 4.79 Å². The van der Waals surface area contributed by atoms with Gasteiger partial charge in [0.05, 0.1) is 33.0 Å². The molecule has 0 aliphatic rings. The Morgan fingerprint density at radius 1 is 1.14 bits per heavy atom. The Hall–Kier alpha value is -3.25. The van der Waals surface area contributed by atoms with Crippen LogP contribution in [-0.2, 0) is 0 Å².